The fourth-order valence-corrected chi connectivity index (χ4v) is 3.65. The van der Waals surface area contributed by atoms with Crippen LogP contribution in [0.5, 0.6) is 0 Å². The van der Waals surface area contributed by atoms with Gasteiger partial charge in [-0.2, -0.15) is 5.10 Å². The molecule has 26 heavy (non-hydrogen) atoms. The Balaban J connectivity index is 1.53. The molecule has 1 aromatic heterocycles. The molecule has 5 nitrogen and oxygen atoms in total. The van der Waals surface area contributed by atoms with Crippen LogP contribution in [0, 0.1) is 19.8 Å². The van der Waals surface area contributed by atoms with E-state index in [2.05, 4.69) is 17.3 Å². The van der Waals surface area contributed by atoms with Crippen LogP contribution < -0.4 is 5.32 Å². The van der Waals surface area contributed by atoms with Crippen LogP contribution in [0.25, 0.3) is 0 Å². The Morgan fingerprint density at radius 3 is 2.88 bits per heavy atom. The number of carbonyl (C=O) groups excluding carboxylic acids is 1. The maximum Gasteiger partial charge on any atom is 0.246 e. The minimum atomic E-state index is -0.0737. The van der Waals surface area contributed by atoms with Gasteiger partial charge in [0.25, 0.3) is 0 Å². The van der Waals surface area contributed by atoms with Gasteiger partial charge in [-0.05, 0) is 56.4 Å². The monoisotopic (exact) mass is 355 g/mol. The van der Waals surface area contributed by atoms with Crippen LogP contribution in [-0.2, 0) is 22.7 Å². The van der Waals surface area contributed by atoms with Gasteiger partial charge < -0.3 is 10.1 Å². The lowest BCUT2D eigenvalue weighted by Crippen LogP contribution is -2.21. The molecular weight excluding hydrogens is 326 g/mol. The number of ether oxygens (including phenoxy) is 1. The zero-order valence-electron chi connectivity index (χ0n) is 16.0. The molecule has 1 amide bonds. The summed E-state index contributed by atoms with van der Waals surface area (Å²) >= 11 is 0. The molecule has 1 N–H and O–H groups in total. The maximum atomic E-state index is 12.3. The number of nitrogens with one attached hydrogen (secondary N) is 1. The Bertz CT molecular complexity index is 753. The van der Waals surface area contributed by atoms with Crippen molar-refractivity contribution in [2.24, 2.45) is 5.92 Å². The zero-order chi connectivity index (χ0) is 18.5. The number of hydrogen-bond donors (Lipinski definition) is 1. The van der Waals surface area contributed by atoms with Crippen LogP contribution >= 0.6 is 0 Å². The molecule has 2 unspecified atom stereocenters. The summed E-state index contributed by atoms with van der Waals surface area (Å²) in [4.78, 5) is 12.3. The highest BCUT2D eigenvalue weighted by Gasteiger charge is 2.19. The van der Waals surface area contributed by atoms with Crippen molar-refractivity contribution >= 4 is 11.6 Å². The van der Waals surface area contributed by atoms with Crippen LogP contribution in [0.1, 0.15) is 49.6 Å². The average molecular weight is 355 g/mol. The van der Waals surface area contributed by atoms with Crippen molar-refractivity contribution in [1.82, 2.24) is 9.78 Å². The van der Waals surface area contributed by atoms with E-state index in [0.717, 1.165) is 41.4 Å². The first-order valence-corrected chi connectivity index (χ1v) is 9.51. The van der Waals surface area contributed by atoms with E-state index in [-0.39, 0.29) is 12.5 Å². The molecular formula is C21H29N3O2. The topological polar surface area (TPSA) is 56.2 Å². The van der Waals surface area contributed by atoms with Crippen molar-refractivity contribution < 1.29 is 9.53 Å². The smallest absolute Gasteiger partial charge is 0.246 e. The Morgan fingerprint density at radius 2 is 2.15 bits per heavy atom. The van der Waals surface area contributed by atoms with E-state index in [1.54, 1.807) is 4.68 Å². The predicted molar refractivity (Wildman–Crippen MR) is 103 cm³/mol. The molecule has 2 atom stereocenters. The van der Waals surface area contributed by atoms with Gasteiger partial charge in [0.1, 0.15) is 6.54 Å². The lowest BCUT2D eigenvalue weighted by atomic mass is 9.89. The lowest BCUT2D eigenvalue weighted by molar-refractivity contribution is -0.116. The SMILES string of the molecule is Cc1cc(C)n(CC(=O)Nc2cccc(COC3CCCC(C)C3)c2)n1. The van der Waals surface area contributed by atoms with Crippen molar-refractivity contribution in [2.75, 3.05) is 5.32 Å². The Kier molecular flexibility index (Phi) is 6.09. The van der Waals surface area contributed by atoms with Crippen molar-refractivity contribution in [3.8, 4) is 0 Å². The van der Waals surface area contributed by atoms with E-state index in [9.17, 15) is 4.79 Å². The van der Waals surface area contributed by atoms with E-state index in [4.69, 9.17) is 4.74 Å². The highest BCUT2D eigenvalue weighted by molar-refractivity contribution is 5.90. The number of nitrogens with zero attached hydrogens (tertiary/aromatic N) is 2. The average Bonchev–Trinajstić information content (AvgIpc) is 2.90. The number of benzene rings is 1. The predicted octanol–water partition coefficient (Wildman–Crippen LogP) is 4.23. The summed E-state index contributed by atoms with van der Waals surface area (Å²) in [7, 11) is 0. The second-order valence-electron chi connectivity index (χ2n) is 7.54. The number of hydrogen-bond acceptors (Lipinski definition) is 3. The molecule has 0 aliphatic heterocycles. The van der Waals surface area contributed by atoms with E-state index >= 15 is 0 Å². The summed E-state index contributed by atoms with van der Waals surface area (Å²) in [6, 6.07) is 9.87. The molecule has 2 aromatic rings. The lowest BCUT2D eigenvalue weighted by Gasteiger charge is -2.26. The van der Waals surface area contributed by atoms with Crippen LogP contribution in [0.3, 0.4) is 0 Å². The van der Waals surface area contributed by atoms with Gasteiger partial charge >= 0.3 is 0 Å². The van der Waals surface area contributed by atoms with Crippen molar-refractivity contribution in [3.63, 3.8) is 0 Å². The summed E-state index contributed by atoms with van der Waals surface area (Å²) in [6.45, 7) is 7.00. The molecule has 1 fully saturated rings. The molecule has 1 aliphatic rings. The molecule has 1 saturated carbocycles. The second kappa shape index (κ2) is 8.49. The van der Waals surface area contributed by atoms with Crippen LogP contribution in [0.2, 0.25) is 0 Å². The third-order valence-electron chi connectivity index (χ3n) is 4.98. The molecule has 1 heterocycles. The molecule has 0 bridgehead atoms. The van der Waals surface area contributed by atoms with Gasteiger partial charge in [-0.25, -0.2) is 0 Å². The third kappa shape index (κ3) is 5.18. The van der Waals surface area contributed by atoms with Gasteiger partial charge in [0.2, 0.25) is 5.91 Å². The zero-order valence-corrected chi connectivity index (χ0v) is 16.0. The van der Waals surface area contributed by atoms with Gasteiger partial charge in [-0.1, -0.05) is 31.9 Å². The number of anilines is 1. The number of carbonyl (C=O) groups is 1. The minimum absolute atomic E-state index is 0.0737. The number of aryl methyl sites for hydroxylation is 2. The van der Waals surface area contributed by atoms with Gasteiger partial charge in [0.05, 0.1) is 18.4 Å². The van der Waals surface area contributed by atoms with Crippen LogP contribution in [0.4, 0.5) is 5.69 Å². The van der Waals surface area contributed by atoms with Crippen molar-refractivity contribution in [2.45, 2.75) is 65.7 Å². The summed E-state index contributed by atoms with van der Waals surface area (Å²) in [6.07, 6.45) is 5.25. The van der Waals surface area contributed by atoms with Crippen LogP contribution in [0.15, 0.2) is 30.3 Å². The summed E-state index contributed by atoms with van der Waals surface area (Å²) in [5, 5.41) is 7.29. The van der Waals surface area contributed by atoms with E-state index < -0.39 is 0 Å². The Morgan fingerprint density at radius 1 is 1.31 bits per heavy atom. The highest BCUT2D eigenvalue weighted by Crippen LogP contribution is 2.26. The highest BCUT2D eigenvalue weighted by atomic mass is 16.5. The van der Waals surface area contributed by atoms with Gasteiger partial charge in [-0.3, -0.25) is 9.48 Å². The standard InChI is InChI=1S/C21H29N3O2/c1-15-6-4-9-20(10-15)26-14-18-7-5-8-19(12-18)22-21(25)13-24-17(3)11-16(2)23-24/h5,7-8,11-12,15,20H,4,6,9-10,13-14H2,1-3H3,(H,22,25). The maximum absolute atomic E-state index is 12.3. The Labute approximate surface area is 155 Å². The second-order valence-corrected chi connectivity index (χ2v) is 7.54. The fourth-order valence-electron chi connectivity index (χ4n) is 3.65. The first kappa shape index (κ1) is 18.6. The first-order chi connectivity index (χ1) is 12.5. The van der Waals surface area contributed by atoms with Gasteiger partial charge in [-0.15, -0.1) is 0 Å². The summed E-state index contributed by atoms with van der Waals surface area (Å²) in [5.41, 5.74) is 3.80. The van der Waals surface area contributed by atoms with Crippen molar-refractivity contribution in [1.29, 1.82) is 0 Å². The molecule has 5 heteroatoms. The quantitative estimate of drug-likeness (QED) is 0.843. The van der Waals surface area contributed by atoms with E-state index in [1.165, 1.54) is 12.8 Å². The van der Waals surface area contributed by atoms with E-state index in [0.29, 0.717) is 12.7 Å². The number of rotatable bonds is 6. The van der Waals surface area contributed by atoms with Crippen LogP contribution in [-0.4, -0.2) is 21.8 Å². The van der Waals surface area contributed by atoms with Crippen molar-refractivity contribution in [3.05, 3.63) is 47.3 Å². The molecule has 0 radical (unpaired) electrons. The molecule has 3 rings (SSSR count). The molecule has 0 spiro atoms. The largest absolute Gasteiger partial charge is 0.374 e. The first-order valence-electron chi connectivity index (χ1n) is 9.51. The normalized spacial score (nSPS) is 20.1. The fraction of sp³-hybridized carbons (Fsp3) is 0.524. The molecule has 1 aromatic carbocycles. The molecule has 140 valence electrons. The Hall–Kier alpha value is -2.14. The van der Waals surface area contributed by atoms with E-state index in [1.807, 2.05) is 44.2 Å². The summed E-state index contributed by atoms with van der Waals surface area (Å²) < 4.78 is 7.81. The summed E-state index contributed by atoms with van der Waals surface area (Å²) in [5.74, 6) is 0.684. The minimum Gasteiger partial charge on any atom is -0.374 e. The molecule has 0 saturated heterocycles. The third-order valence-corrected chi connectivity index (χ3v) is 4.98. The van der Waals surface area contributed by atoms with Gasteiger partial charge in [0.15, 0.2) is 0 Å². The number of aromatic nitrogens is 2. The van der Waals surface area contributed by atoms with Gasteiger partial charge in [0, 0.05) is 11.4 Å². The molecule has 1 aliphatic carbocycles. The number of amides is 1.